The molecule has 2 saturated heterocycles. The van der Waals surface area contributed by atoms with Gasteiger partial charge in [0.05, 0.1) is 32.0 Å². The molecule has 0 aromatic carbocycles. The Morgan fingerprint density at radius 3 is 1.31 bits per heavy atom. The van der Waals surface area contributed by atoms with Gasteiger partial charge in [0, 0.05) is 6.42 Å². The van der Waals surface area contributed by atoms with Gasteiger partial charge in [0.2, 0.25) is 5.91 Å². The summed E-state index contributed by atoms with van der Waals surface area (Å²) in [4.78, 5) is 13.2. The molecule has 2 fully saturated rings. The highest BCUT2D eigenvalue weighted by Gasteiger charge is 2.51. The molecule has 2 rings (SSSR count). The third-order valence-electron chi connectivity index (χ3n) is 14.8. The molecular weight excluding hydrogens is 1060 g/mol. The van der Waals surface area contributed by atoms with Gasteiger partial charge in [-0.1, -0.05) is 231 Å². The lowest BCUT2D eigenvalue weighted by Gasteiger charge is -2.46. The van der Waals surface area contributed by atoms with Gasteiger partial charge in [0.1, 0.15) is 48.8 Å². The predicted molar refractivity (Wildman–Crippen MR) is 341 cm³/mol. The normalized spacial score (nSPS) is 24.6. The summed E-state index contributed by atoms with van der Waals surface area (Å²) in [6, 6.07) is -0.937. The Bertz CT molecular complexity index is 1920. The Kier molecular flexibility index (Phi) is 48.4. The molecule has 2 aliphatic heterocycles. The lowest BCUT2D eigenvalue weighted by atomic mass is 9.97. The first-order chi connectivity index (χ1) is 41.1. The molecule has 0 saturated carbocycles. The zero-order valence-electron chi connectivity index (χ0n) is 51.6. The van der Waals surface area contributed by atoms with E-state index in [1.807, 2.05) is 6.08 Å². The first kappa shape index (κ1) is 76.2. The Labute approximate surface area is 507 Å². The second-order valence-corrected chi connectivity index (χ2v) is 22.1. The molecule has 0 aromatic rings. The van der Waals surface area contributed by atoms with Gasteiger partial charge >= 0.3 is 0 Å². The Hall–Kier alpha value is -3.87. The van der Waals surface area contributed by atoms with Crippen LogP contribution in [0.3, 0.4) is 0 Å². The number of rotatable bonds is 50. The summed E-state index contributed by atoms with van der Waals surface area (Å²) >= 11 is 0. The molecule has 1 amide bonds. The van der Waals surface area contributed by atoms with Crippen LogP contribution in [-0.4, -0.2) is 140 Å². The maximum Gasteiger partial charge on any atom is 0.220 e. The van der Waals surface area contributed by atoms with Crippen LogP contribution < -0.4 is 5.32 Å². The fourth-order valence-electron chi connectivity index (χ4n) is 9.65. The van der Waals surface area contributed by atoms with Crippen molar-refractivity contribution in [3.63, 3.8) is 0 Å². The third kappa shape index (κ3) is 37.6. The zero-order chi connectivity index (χ0) is 60.9. The standard InChI is InChI=1S/C70H115NO13/c1-3-5-7-9-11-13-14-15-16-17-18-19-20-21-22-23-24-25-26-27-28-29-30-31-32-33-34-35-36-37-38-39-40-41-42-43-44-46-48-50-52-54-62(75)71-58(59(74)53-51-49-47-45-12-10-8-6-4-2)57-81-69-67(80)65(78)68(61(56-73)83-69)84-70-66(79)64(77)63(76)60(55-72)82-70/h5,7,11-13,15-16,18-19,21-22,24-25,27-28,30-31,33-34,45,51,53,58-61,63-70,72-74,76-80H,3-4,6,8-10,14,17,20,23,26,29,32,35-44,46-50,52,54-57H2,1-2H3,(H,71,75)/b7-5-,13-11-,16-15-,19-18-,22-21-,25-24-,28-27-,31-30-,34-33-,45-12+,53-51+. The van der Waals surface area contributed by atoms with Gasteiger partial charge in [0.25, 0.3) is 0 Å². The summed E-state index contributed by atoms with van der Waals surface area (Å²) in [6.45, 7) is 2.58. The van der Waals surface area contributed by atoms with E-state index in [1.165, 1.54) is 70.6 Å². The summed E-state index contributed by atoms with van der Waals surface area (Å²) in [6.07, 6.45) is 62.6. The van der Waals surface area contributed by atoms with Gasteiger partial charge in [0.15, 0.2) is 12.6 Å². The van der Waals surface area contributed by atoms with E-state index in [4.69, 9.17) is 18.9 Å². The molecule has 2 heterocycles. The van der Waals surface area contributed by atoms with Crippen molar-refractivity contribution >= 4 is 5.91 Å². The summed E-state index contributed by atoms with van der Waals surface area (Å²) in [5.74, 6) is -0.259. The molecule has 0 aromatic heterocycles. The van der Waals surface area contributed by atoms with Gasteiger partial charge in [-0.3, -0.25) is 4.79 Å². The van der Waals surface area contributed by atoms with Crippen molar-refractivity contribution in [2.24, 2.45) is 0 Å². The highest BCUT2D eigenvalue weighted by Crippen LogP contribution is 2.30. The minimum Gasteiger partial charge on any atom is -0.394 e. The van der Waals surface area contributed by atoms with Crippen molar-refractivity contribution < 1.29 is 64.6 Å². The van der Waals surface area contributed by atoms with Crippen LogP contribution in [0.5, 0.6) is 0 Å². The van der Waals surface area contributed by atoms with Crippen LogP contribution in [-0.2, 0) is 23.7 Å². The van der Waals surface area contributed by atoms with Crippen molar-refractivity contribution in [2.45, 2.75) is 280 Å². The lowest BCUT2D eigenvalue weighted by molar-refractivity contribution is -0.359. The van der Waals surface area contributed by atoms with Crippen molar-refractivity contribution in [3.8, 4) is 0 Å². The van der Waals surface area contributed by atoms with E-state index in [1.54, 1.807) is 6.08 Å². The number of nitrogens with one attached hydrogen (secondary N) is 1. The van der Waals surface area contributed by atoms with Gasteiger partial charge < -0.3 is 65.1 Å². The highest BCUT2D eigenvalue weighted by atomic mass is 16.7. The average molecular weight is 1180 g/mol. The van der Waals surface area contributed by atoms with Crippen LogP contribution in [0, 0.1) is 0 Å². The zero-order valence-corrected chi connectivity index (χ0v) is 51.6. The van der Waals surface area contributed by atoms with E-state index in [0.717, 1.165) is 103 Å². The van der Waals surface area contributed by atoms with Gasteiger partial charge in [-0.05, 0) is 103 Å². The largest absolute Gasteiger partial charge is 0.394 e. The number of hydrogen-bond acceptors (Lipinski definition) is 13. The third-order valence-corrected chi connectivity index (χ3v) is 14.8. The number of amides is 1. The summed E-state index contributed by atoms with van der Waals surface area (Å²) in [5, 5.41) is 86.8. The molecule has 0 spiro atoms. The monoisotopic (exact) mass is 1180 g/mol. The first-order valence-corrected chi connectivity index (χ1v) is 32.4. The SMILES string of the molecule is CC/C=C\C/C=C\C/C=C\C/C=C\C/C=C\C/C=C\C/C=C\C/C=C\C/C=C\CCCCCCCCCCCCCCCC(=O)NC(COC1OC(CO)C(OC2OC(CO)C(O)C(O)C2O)C(O)C1O)C(O)/C=C/CC/C=C/CCCCC. The van der Waals surface area contributed by atoms with Gasteiger partial charge in [-0.2, -0.15) is 0 Å². The van der Waals surface area contributed by atoms with Gasteiger partial charge in [-0.25, -0.2) is 0 Å². The number of hydrogen-bond donors (Lipinski definition) is 9. The maximum atomic E-state index is 13.2. The number of ether oxygens (including phenoxy) is 4. The summed E-state index contributed by atoms with van der Waals surface area (Å²) < 4.78 is 22.7. The van der Waals surface area contributed by atoms with Crippen molar-refractivity contribution in [2.75, 3.05) is 19.8 Å². The van der Waals surface area contributed by atoms with Crippen LogP contribution in [0.1, 0.15) is 206 Å². The smallest absolute Gasteiger partial charge is 0.220 e. The van der Waals surface area contributed by atoms with Gasteiger partial charge in [-0.15, -0.1) is 0 Å². The maximum absolute atomic E-state index is 13.2. The Morgan fingerprint density at radius 2 is 0.833 bits per heavy atom. The fourth-order valence-corrected chi connectivity index (χ4v) is 9.65. The summed E-state index contributed by atoms with van der Waals surface area (Å²) in [7, 11) is 0. The number of aliphatic hydroxyl groups excluding tert-OH is 8. The number of allylic oxidation sites excluding steroid dienone is 21. The van der Waals surface area contributed by atoms with Crippen molar-refractivity contribution in [1.82, 2.24) is 5.32 Å². The van der Waals surface area contributed by atoms with E-state index in [-0.39, 0.29) is 18.9 Å². The molecular formula is C70H115NO13. The fraction of sp³-hybridized carbons (Fsp3) is 0.671. The van der Waals surface area contributed by atoms with E-state index >= 15 is 0 Å². The van der Waals surface area contributed by atoms with Crippen LogP contribution >= 0.6 is 0 Å². The number of carbonyl (C=O) groups excluding carboxylic acids is 1. The Morgan fingerprint density at radius 1 is 0.440 bits per heavy atom. The quantitative estimate of drug-likeness (QED) is 0.0204. The van der Waals surface area contributed by atoms with E-state index in [0.29, 0.717) is 12.8 Å². The van der Waals surface area contributed by atoms with E-state index in [9.17, 15) is 45.6 Å². The highest BCUT2D eigenvalue weighted by molar-refractivity contribution is 5.76. The summed E-state index contributed by atoms with van der Waals surface area (Å²) in [5.41, 5.74) is 0. The Balaban J connectivity index is 1.56. The number of unbranched alkanes of at least 4 members (excludes halogenated alkanes) is 17. The molecule has 12 unspecified atom stereocenters. The van der Waals surface area contributed by atoms with E-state index < -0.39 is 86.8 Å². The van der Waals surface area contributed by atoms with Crippen LogP contribution in [0.2, 0.25) is 0 Å². The number of aliphatic hydroxyl groups is 8. The average Bonchev–Trinajstić information content (AvgIpc) is 2.28. The molecule has 2 aliphatic rings. The molecule has 0 aliphatic carbocycles. The van der Waals surface area contributed by atoms with Crippen LogP contribution in [0.25, 0.3) is 0 Å². The van der Waals surface area contributed by atoms with Crippen LogP contribution in [0.4, 0.5) is 0 Å². The second kappa shape index (κ2) is 53.4. The topological polar surface area (TPSA) is 228 Å². The minimum absolute atomic E-state index is 0.259. The minimum atomic E-state index is -1.79. The molecule has 0 radical (unpaired) electrons. The lowest BCUT2D eigenvalue weighted by Crippen LogP contribution is -2.65. The van der Waals surface area contributed by atoms with Crippen molar-refractivity contribution in [1.29, 1.82) is 0 Å². The van der Waals surface area contributed by atoms with E-state index in [2.05, 4.69) is 141 Å². The molecule has 12 atom stereocenters. The second-order valence-electron chi connectivity index (χ2n) is 22.1. The molecule has 9 N–H and O–H groups in total. The molecule has 84 heavy (non-hydrogen) atoms. The van der Waals surface area contributed by atoms with Crippen LogP contribution in [0.15, 0.2) is 134 Å². The number of carbonyl (C=O) groups is 1. The molecule has 14 heteroatoms. The predicted octanol–water partition coefficient (Wildman–Crippen LogP) is 12.3. The molecule has 478 valence electrons. The molecule has 14 nitrogen and oxygen atoms in total. The molecule has 0 bridgehead atoms. The first-order valence-electron chi connectivity index (χ1n) is 32.4. The van der Waals surface area contributed by atoms with Crippen molar-refractivity contribution in [3.05, 3.63) is 134 Å².